The average molecular weight is 398 g/mol. The van der Waals surface area contributed by atoms with Gasteiger partial charge in [0.25, 0.3) is 0 Å². The number of carbonyl (C=O) groups is 2. The molecule has 0 radical (unpaired) electrons. The zero-order valence-corrected chi connectivity index (χ0v) is 17.3. The van der Waals surface area contributed by atoms with Crippen LogP contribution >= 0.6 is 11.6 Å². The van der Waals surface area contributed by atoms with Crippen LogP contribution in [0.15, 0.2) is 12.1 Å². The molecule has 1 saturated heterocycles. The zero-order chi connectivity index (χ0) is 20.4. The summed E-state index contributed by atoms with van der Waals surface area (Å²) in [6.45, 7) is 7.62. The van der Waals surface area contributed by atoms with Crippen LogP contribution < -0.4 is 10.6 Å². The fourth-order valence-corrected chi connectivity index (χ4v) is 3.16. The first-order chi connectivity index (χ1) is 12.5. The van der Waals surface area contributed by atoms with Gasteiger partial charge in [-0.1, -0.05) is 17.7 Å². The summed E-state index contributed by atoms with van der Waals surface area (Å²) in [5, 5.41) is 0.338. The molecule has 1 unspecified atom stereocenters. The van der Waals surface area contributed by atoms with Crippen LogP contribution in [-0.2, 0) is 9.53 Å². The van der Waals surface area contributed by atoms with Crippen molar-refractivity contribution in [2.24, 2.45) is 5.73 Å². The van der Waals surface area contributed by atoms with Crippen molar-refractivity contribution in [3.05, 3.63) is 22.8 Å². The summed E-state index contributed by atoms with van der Waals surface area (Å²) in [5.41, 5.74) is 5.76. The number of rotatable bonds is 4. The third-order valence-electron chi connectivity index (χ3n) is 4.18. The molecule has 0 bridgehead atoms. The van der Waals surface area contributed by atoms with Gasteiger partial charge in [0.2, 0.25) is 5.91 Å². The van der Waals surface area contributed by atoms with Crippen LogP contribution in [0.3, 0.4) is 0 Å². The standard InChI is InChI=1S/C18H28ClN5O3/c1-18(2,3)27-17(26)24-10-8-23(9-11-24)16-12(6-7-13(19)21-16)14(15(20)25)22(4)5/h6-7,14H,8-11H2,1-5H3,(H2,20,25). The summed E-state index contributed by atoms with van der Waals surface area (Å²) in [5.74, 6) is 0.154. The minimum absolute atomic E-state index is 0.329. The number of anilines is 1. The molecular weight excluding hydrogens is 370 g/mol. The highest BCUT2D eigenvalue weighted by Crippen LogP contribution is 2.30. The van der Waals surface area contributed by atoms with Crippen LogP contribution in [0.1, 0.15) is 32.4 Å². The Hall–Kier alpha value is -2.06. The van der Waals surface area contributed by atoms with Gasteiger partial charge in [0.15, 0.2) is 0 Å². The first kappa shape index (κ1) is 21.2. The minimum Gasteiger partial charge on any atom is -0.444 e. The number of piperazine rings is 1. The van der Waals surface area contributed by atoms with Gasteiger partial charge in [0.1, 0.15) is 22.6 Å². The smallest absolute Gasteiger partial charge is 0.410 e. The average Bonchev–Trinajstić information content (AvgIpc) is 2.54. The molecular formula is C18H28ClN5O3. The van der Waals surface area contributed by atoms with Gasteiger partial charge in [-0.25, -0.2) is 9.78 Å². The van der Waals surface area contributed by atoms with Gasteiger partial charge in [0.05, 0.1) is 0 Å². The van der Waals surface area contributed by atoms with E-state index < -0.39 is 17.6 Å². The number of aromatic nitrogens is 1. The van der Waals surface area contributed by atoms with Crippen molar-refractivity contribution in [2.45, 2.75) is 32.4 Å². The number of hydrogen-bond acceptors (Lipinski definition) is 6. The van der Waals surface area contributed by atoms with Crippen LogP contribution in [0.4, 0.5) is 10.6 Å². The Labute approximate surface area is 165 Å². The van der Waals surface area contributed by atoms with E-state index in [0.29, 0.717) is 42.7 Å². The van der Waals surface area contributed by atoms with E-state index >= 15 is 0 Å². The molecule has 2 amide bonds. The summed E-state index contributed by atoms with van der Waals surface area (Å²) in [4.78, 5) is 34.1. The molecule has 1 fully saturated rings. The molecule has 1 aliphatic rings. The number of halogens is 1. The van der Waals surface area contributed by atoms with E-state index in [9.17, 15) is 9.59 Å². The predicted molar refractivity (Wildman–Crippen MR) is 105 cm³/mol. The number of primary amides is 1. The summed E-state index contributed by atoms with van der Waals surface area (Å²) >= 11 is 6.10. The van der Waals surface area contributed by atoms with Crippen LogP contribution in [0.2, 0.25) is 5.15 Å². The van der Waals surface area contributed by atoms with Crippen LogP contribution in [0.5, 0.6) is 0 Å². The molecule has 0 aromatic carbocycles. The molecule has 8 nitrogen and oxygen atoms in total. The van der Waals surface area contributed by atoms with Gasteiger partial charge in [-0.3, -0.25) is 9.69 Å². The highest BCUT2D eigenvalue weighted by molar-refractivity contribution is 6.29. The second-order valence-corrected chi connectivity index (χ2v) is 8.16. The van der Waals surface area contributed by atoms with Gasteiger partial charge in [-0.15, -0.1) is 0 Å². The third-order valence-corrected chi connectivity index (χ3v) is 4.39. The van der Waals surface area contributed by atoms with Crippen LogP contribution in [0.25, 0.3) is 0 Å². The Morgan fingerprint density at radius 1 is 1.22 bits per heavy atom. The maximum absolute atomic E-state index is 12.2. The summed E-state index contributed by atoms with van der Waals surface area (Å²) < 4.78 is 5.43. The van der Waals surface area contributed by atoms with Crippen LogP contribution in [0, 0.1) is 0 Å². The molecule has 1 aromatic rings. The van der Waals surface area contributed by atoms with Crippen molar-refractivity contribution in [2.75, 3.05) is 45.2 Å². The molecule has 2 heterocycles. The van der Waals surface area contributed by atoms with Crippen molar-refractivity contribution in [1.29, 1.82) is 0 Å². The Bertz CT molecular complexity index is 697. The number of likely N-dealkylation sites (N-methyl/N-ethyl adjacent to an activating group) is 1. The summed E-state index contributed by atoms with van der Waals surface area (Å²) in [6, 6.07) is 2.81. The molecule has 1 aromatic heterocycles. The number of hydrogen-bond donors (Lipinski definition) is 1. The van der Waals surface area contributed by atoms with E-state index in [0.717, 1.165) is 0 Å². The lowest BCUT2D eigenvalue weighted by Gasteiger charge is -2.37. The Morgan fingerprint density at radius 3 is 2.30 bits per heavy atom. The van der Waals surface area contributed by atoms with E-state index in [4.69, 9.17) is 22.1 Å². The van der Waals surface area contributed by atoms with Crippen molar-refractivity contribution >= 4 is 29.4 Å². The Morgan fingerprint density at radius 2 is 1.81 bits per heavy atom. The first-order valence-corrected chi connectivity index (χ1v) is 9.22. The minimum atomic E-state index is -0.617. The zero-order valence-electron chi connectivity index (χ0n) is 16.5. The second-order valence-electron chi connectivity index (χ2n) is 7.77. The number of amides is 2. The molecule has 1 aliphatic heterocycles. The van der Waals surface area contributed by atoms with E-state index in [1.807, 2.05) is 25.7 Å². The summed E-state index contributed by atoms with van der Waals surface area (Å²) in [6.07, 6.45) is -0.329. The number of nitrogens with zero attached hydrogens (tertiary/aromatic N) is 4. The van der Waals surface area contributed by atoms with Crippen molar-refractivity contribution in [3.63, 3.8) is 0 Å². The molecule has 1 atom stereocenters. The maximum Gasteiger partial charge on any atom is 0.410 e. The monoisotopic (exact) mass is 397 g/mol. The number of ether oxygens (including phenoxy) is 1. The fraction of sp³-hybridized carbons (Fsp3) is 0.611. The number of pyridine rings is 1. The van der Waals surface area contributed by atoms with Gasteiger partial charge in [-0.2, -0.15) is 0 Å². The molecule has 0 saturated carbocycles. The van der Waals surface area contributed by atoms with Gasteiger partial charge < -0.3 is 20.3 Å². The molecule has 150 valence electrons. The van der Waals surface area contributed by atoms with Crippen LogP contribution in [-0.4, -0.2) is 72.7 Å². The fourth-order valence-electron chi connectivity index (χ4n) is 3.02. The highest BCUT2D eigenvalue weighted by atomic mass is 35.5. The van der Waals surface area contributed by atoms with E-state index in [-0.39, 0.29) is 6.09 Å². The lowest BCUT2D eigenvalue weighted by Crippen LogP contribution is -2.50. The van der Waals surface area contributed by atoms with E-state index in [1.165, 1.54) is 0 Å². The van der Waals surface area contributed by atoms with E-state index in [1.54, 1.807) is 36.0 Å². The SMILES string of the molecule is CN(C)C(C(N)=O)c1ccc(Cl)nc1N1CCN(C(=O)OC(C)(C)C)CC1. The second kappa shape index (κ2) is 8.31. The maximum atomic E-state index is 12.2. The Balaban J connectivity index is 2.19. The van der Waals surface area contributed by atoms with E-state index in [2.05, 4.69) is 4.98 Å². The predicted octanol–water partition coefficient (Wildman–Crippen LogP) is 1.88. The third kappa shape index (κ3) is 5.46. The number of carbonyl (C=O) groups excluding carboxylic acids is 2. The molecule has 0 aliphatic carbocycles. The molecule has 0 spiro atoms. The van der Waals surface area contributed by atoms with Crippen molar-refractivity contribution in [1.82, 2.24) is 14.8 Å². The lowest BCUT2D eigenvalue weighted by atomic mass is 10.1. The number of nitrogens with two attached hydrogens (primary N) is 1. The van der Waals surface area contributed by atoms with Gasteiger partial charge in [0, 0.05) is 31.7 Å². The van der Waals surface area contributed by atoms with Gasteiger partial charge >= 0.3 is 6.09 Å². The van der Waals surface area contributed by atoms with Crippen molar-refractivity contribution < 1.29 is 14.3 Å². The first-order valence-electron chi connectivity index (χ1n) is 8.84. The lowest BCUT2D eigenvalue weighted by molar-refractivity contribution is -0.122. The molecule has 27 heavy (non-hydrogen) atoms. The molecule has 2 N–H and O–H groups in total. The topological polar surface area (TPSA) is 92.0 Å². The van der Waals surface area contributed by atoms with Gasteiger partial charge in [-0.05, 0) is 40.9 Å². The largest absolute Gasteiger partial charge is 0.444 e. The molecule has 2 rings (SSSR count). The molecule has 9 heteroatoms. The quantitative estimate of drug-likeness (QED) is 0.780. The van der Waals surface area contributed by atoms with Crippen molar-refractivity contribution in [3.8, 4) is 0 Å². The Kier molecular flexibility index (Phi) is 6.54. The highest BCUT2D eigenvalue weighted by Gasteiger charge is 2.30. The summed E-state index contributed by atoms with van der Waals surface area (Å²) in [7, 11) is 3.57. The normalized spacial score (nSPS) is 16.4.